The minimum absolute atomic E-state index is 0.125. The lowest BCUT2D eigenvalue weighted by Gasteiger charge is -2.29. The highest BCUT2D eigenvalue weighted by Gasteiger charge is 2.44. The lowest BCUT2D eigenvalue weighted by Crippen LogP contribution is -2.38. The predicted molar refractivity (Wildman–Crippen MR) is 107 cm³/mol. The molecule has 0 bridgehead atoms. The molecule has 0 heterocycles. The highest BCUT2D eigenvalue weighted by atomic mass is 19.1. The van der Waals surface area contributed by atoms with Crippen molar-refractivity contribution in [2.45, 2.75) is 64.4 Å². The Labute approximate surface area is 160 Å². The van der Waals surface area contributed by atoms with Crippen LogP contribution in [0.2, 0.25) is 0 Å². The topological polar surface area (TPSA) is 38.3 Å². The number of carbonyl (C=O) groups is 1. The van der Waals surface area contributed by atoms with Gasteiger partial charge in [0.15, 0.2) is 0 Å². The number of hydrogen-bond donors (Lipinski definition) is 1. The van der Waals surface area contributed by atoms with Crippen LogP contribution in [0.4, 0.5) is 10.1 Å². The van der Waals surface area contributed by atoms with Gasteiger partial charge in [-0.3, -0.25) is 4.79 Å². The lowest BCUT2D eigenvalue weighted by molar-refractivity contribution is -0.121. The van der Waals surface area contributed by atoms with Crippen LogP contribution < -0.4 is 10.1 Å². The maximum atomic E-state index is 14.5. The van der Waals surface area contributed by atoms with Crippen LogP contribution >= 0.6 is 0 Å². The van der Waals surface area contributed by atoms with Crippen LogP contribution in [0, 0.1) is 12.7 Å². The third kappa shape index (κ3) is 4.00. The van der Waals surface area contributed by atoms with Crippen LogP contribution in [0.3, 0.4) is 0 Å². The molecule has 1 aliphatic carbocycles. The zero-order valence-corrected chi connectivity index (χ0v) is 16.3. The van der Waals surface area contributed by atoms with Crippen LogP contribution in [0.5, 0.6) is 5.75 Å². The van der Waals surface area contributed by atoms with Crippen molar-refractivity contribution in [1.82, 2.24) is 0 Å². The smallest absolute Gasteiger partial charge is 0.235 e. The fourth-order valence-electron chi connectivity index (χ4n) is 3.86. The first-order chi connectivity index (χ1) is 13.0. The highest BCUT2D eigenvalue weighted by Crippen LogP contribution is 2.43. The summed E-state index contributed by atoms with van der Waals surface area (Å²) in [4.78, 5) is 13.2. The van der Waals surface area contributed by atoms with E-state index in [1.54, 1.807) is 18.2 Å². The molecule has 3 rings (SSSR count). The molecule has 4 heteroatoms. The van der Waals surface area contributed by atoms with Crippen LogP contribution in [0.25, 0.3) is 0 Å². The number of benzene rings is 2. The van der Waals surface area contributed by atoms with Gasteiger partial charge in [-0.05, 0) is 62.9 Å². The Morgan fingerprint density at radius 1 is 1.22 bits per heavy atom. The third-order valence-electron chi connectivity index (χ3n) is 5.62. The van der Waals surface area contributed by atoms with Gasteiger partial charge >= 0.3 is 0 Å². The van der Waals surface area contributed by atoms with Crippen molar-refractivity contribution in [3.63, 3.8) is 0 Å². The van der Waals surface area contributed by atoms with Crippen LogP contribution in [0.1, 0.15) is 57.1 Å². The Balaban J connectivity index is 1.83. The summed E-state index contributed by atoms with van der Waals surface area (Å²) in [6.07, 6.45) is 4.29. The number of halogens is 1. The van der Waals surface area contributed by atoms with Gasteiger partial charge in [0.1, 0.15) is 11.6 Å². The largest absolute Gasteiger partial charge is 0.490 e. The fraction of sp³-hybridized carbons (Fsp3) is 0.435. The van der Waals surface area contributed by atoms with Crippen LogP contribution in [0.15, 0.2) is 42.5 Å². The summed E-state index contributed by atoms with van der Waals surface area (Å²) in [5, 5.41) is 3.02. The van der Waals surface area contributed by atoms with Crippen molar-refractivity contribution in [3.8, 4) is 5.75 Å². The van der Waals surface area contributed by atoms with Gasteiger partial charge in [-0.1, -0.05) is 38.0 Å². The second-order valence-electron chi connectivity index (χ2n) is 7.54. The molecule has 1 saturated carbocycles. The van der Waals surface area contributed by atoms with Crippen molar-refractivity contribution in [1.29, 1.82) is 0 Å². The zero-order chi connectivity index (χ0) is 19.4. The van der Waals surface area contributed by atoms with Gasteiger partial charge in [-0.2, -0.15) is 0 Å². The molecule has 0 saturated heterocycles. The summed E-state index contributed by atoms with van der Waals surface area (Å²) in [6, 6.07) is 12.3. The second kappa shape index (κ2) is 8.12. The van der Waals surface area contributed by atoms with E-state index in [4.69, 9.17) is 4.74 Å². The monoisotopic (exact) mass is 369 g/mol. The fourth-order valence-corrected chi connectivity index (χ4v) is 3.86. The summed E-state index contributed by atoms with van der Waals surface area (Å²) in [7, 11) is 0. The van der Waals surface area contributed by atoms with Gasteiger partial charge in [-0.15, -0.1) is 0 Å². The quantitative estimate of drug-likeness (QED) is 0.703. The first-order valence-electron chi connectivity index (χ1n) is 9.80. The summed E-state index contributed by atoms with van der Waals surface area (Å²) in [6.45, 7) is 6.08. The number of rotatable bonds is 6. The van der Waals surface area contributed by atoms with E-state index in [2.05, 4.69) is 12.2 Å². The van der Waals surface area contributed by atoms with Crippen molar-refractivity contribution in [2.24, 2.45) is 0 Å². The van der Waals surface area contributed by atoms with E-state index >= 15 is 0 Å². The average Bonchev–Trinajstić information content (AvgIpc) is 3.15. The summed E-state index contributed by atoms with van der Waals surface area (Å²) < 4.78 is 20.4. The van der Waals surface area contributed by atoms with Gasteiger partial charge in [0.05, 0.1) is 11.5 Å². The molecular weight excluding hydrogens is 341 g/mol. The van der Waals surface area contributed by atoms with Crippen molar-refractivity contribution < 1.29 is 13.9 Å². The van der Waals surface area contributed by atoms with E-state index in [9.17, 15) is 9.18 Å². The third-order valence-corrected chi connectivity index (χ3v) is 5.62. The zero-order valence-electron chi connectivity index (χ0n) is 16.3. The van der Waals surface area contributed by atoms with Crippen molar-refractivity contribution in [2.75, 3.05) is 5.32 Å². The molecule has 0 aromatic heterocycles. The number of ether oxygens (including phenoxy) is 1. The molecule has 1 atom stereocenters. The average molecular weight is 369 g/mol. The first kappa shape index (κ1) is 19.4. The molecule has 2 aromatic rings. The normalized spacial score (nSPS) is 16.7. The molecule has 1 unspecified atom stereocenters. The maximum absolute atomic E-state index is 14.5. The summed E-state index contributed by atoms with van der Waals surface area (Å²) >= 11 is 0. The van der Waals surface area contributed by atoms with E-state index in [-0.39, 0.29) is 17.8 Å². The Hall–Kier alpha value is -2.36. The molecule has 1 fully saturated rings. The highest BCUT2D eigenvalue weighted by molar-refractivity contribution is 5.99. The Morgan fingerprint density at radius 2 is 1.93 bits per heavy atom. The number of aryl methyl sites for hydroxylation is 1. The van der Waals surface area contributed by atoms with Gasteiger partial charge < -0.3 is 10.1 Å². The number of amides is 1. The van der Waals surface area contributed by atoms with E-state index in [1.165, 1.54) is 6.07 Å². The van der Waals surface area contributed by atoms with Gasteiger partial charge in [0, 0.05) is 11.3 Å². The van der Waals surface area contributed by atoms with Crippen LogP contribution in [-0.2, 0) is 10.2 Å². The number of anilines is 1. The molecule has 1 amide bonds. The molecule has 2 aromatic carbocycles. The standard InChI is InChI=1S/C23H28FNO2/c1-4-17(3)27-21-12-11-18(15-16(21)2)25-22(26)23(13-7-8-14-23)19-9-5-6-10-20(19)24/h5-6,9-12,15,17H,4,7-8,13-14H2,1-3H3,(H,25,26). The summed E-state index contributed by atoms with van der Waals surface area (Å²) in [5.74, 6) is 0.398. The predicted octanol–water partition coefficient (Wildman–Crippen LogP) is 5.76. The Kier molecular flexibility index (Phi) is 5.83. The number of hydrogen-bond acceptors (Lipinski definition) is 2. The van der Waals surface area contributed by atoms with Crippen molar-refractivity contribution >= 4 is 11.6 Å². The molecule has 0 aliphatic heterocycles. The van der Waals surface area contributed by atoms with Gasteiger partial charge in [-0.25, -0.2) is 4.39 Å². The van der Waals surface area contributed by atoms with E-state index in [0.29, 0.717) is 18.4 Å². The molecule has 0 radical (unpaired) electrons. The van der Waals surface area contributed by atoms with Gasteiger partial charge in [0.25, 0.3) is 0 Å². The molecular formula is C23H28FNO2. The number of carbonyl (C=O) groups excluding carboxylic acids is 1. The number of nitrogens with one attached hydrogen (secondary N) is 1. The second-order valence-corrected chi connectivity index (χ2v) is 7.54. The van der Waals surface area contributed by atoms with Crippen molar-refractivity contribution in [3.05, 3.63) is 59.4 Å². The molecule has 1 aliphatic rings. The SMILES string of the molecule is CCC(C)Oc1ccc(NC(=O)C2(c3ccccc3F)CCCC2)cc1C. The molecule has 1 N–H and O–H groups in total. The Morgan fingerprint density at radius 3 is 2.56 bits per heavy atom. The van der Waals surface area contributed by atoms with Gasteiger partial charge in [0.2, 0.25) is 5.91 Å². The van der Waals surface area contributed by atoms with E-state index in [1.807, 2.05) is 32.0 Å². The molecule has 27 heavy (non-hydrogen) atoms. The minimum atomic E-state index is -0.787. The maximum Gasteiger partial charge on any atom is 0.235 e. The summed E-state index contributed by atoms with van der Waals surface area (Å²) in [5.41, 5.74) is 1.41. The van der Waals surface area contributed by atoms with Crippen LogP contribution in [-0.4, -0.2) is 12.0 Å². The Bertz CT molecular complexity index is 812. The first-order valence-corrected chi connectivity index (χ1v) is 9.80. The minimum Gasteiger partial charge on any atom is -0.490 e. The van der Waals surface area contributed by atoms with E-state index in [0.717, 1.165) is 36.3 Å². The van der Waals surface area contributed by atoms with E-state index < -0.39 is 5.41 Å². The molecule has 144 valence electrons. The molecule has 3 nitrogen and oxygen atoms in total. The lowest BCUT2D eigenvalue weighted by atomic mass is 9.77. The molecule has 0 spiro atoms.